The molecule has 0 saturated carbocycles. The molecular formula is C29H58O11. The zero-order valence-electron chi connectivity index (χ0n) is 25.5. The molecule has 0 radical (unpaired) electrons. The maximum atomic E-state index is 11.6. The fourth-order valence-electron chi connectivity index (χ4n) is 3.14. The number of esters is 1. The van der Waals surface area contributed by atoms with Crippen LogP contribution in [0.25, 0.3) is 0 Å². The molecule has 40 heavy (non-hydrogen) atoms. The molecule has 0 aliphatic heterocycles. The first kappa shape index (κ1) is 39.1. The number of unbranched alkanes of at least 4 members (excludes halogenated alkanes) is 4. The SMILES string of the molecule is CCCCCCCC(=O)OCCOCCOCCOCCOCCOCCOCCOCCOCCOC(C)C. The molecule has 0 unspecified atom stereocenters. The molecule has 0 aromatic rings. The minimum Gasteiger partial charge on any atom is -0.463 e. The first-order valence-corrected chi connectivity index (χ1v) is 15.1. The van der Waals surface area contributed by atoms with Gasteiger partial charge in [-0.2, -0.15) is 0 Å². The molecule has 240 valence electrons. The van der Waals surface area contributed by atoms with Crippen LogP contribution in [0.2, 0.25) is 0 Å². The van der Waals surface area contributed by atoms with E-state index in [1.54, 1.807) is 0 Å². The molecule has 11 nitrogen and oxygen atoms in total. The molecule has 0 atom stereocenters. The third-order valence-electron chi connectivity index (χ3n) is 5.26. The van der Waals surface area contributed by atoms with Gasteiger partial charge in [0.1, 0.15) is 6.61 Å². The molecule has 0 aromatic carbocycles. The van der Waals surface area contributed by atoms with Crippen molar-refractivity contribution < 1.29 is 52.2 Å². The molecule has 0 amide bonds. The van der Waals surface area contributed by atoms with Crippen molar-refractivity contribution in [3.8, 4) is 0 Å². The highest BCUT2D eigenvalue weighted by Gasteiger charge is 2.02. The summed E-state index contributed by atoms with van der Waals surface area (Å²) in [5.41, 5.74) is 0. The highest BCUT2D eigenvalue weighted by Crippen LogP contribution is 2.05. The van der Waals surface area contributed by atoms with Crippen LogP contribution in [0.5, 0.6) is 0 Å². The van der Waals surface area contributed by atoms with E-state index in [1.807, 2.05) is 13.8 Å². The van der Waals surface area contributed by atoms with Crippen LogP contribution in [-0.4, -0.2) is 131 Å². The van der Waals surface area contributed by atoms with E-state index in [0.29, 0.717) is 119 Å². The smallest absolute Gasteiger partial charge is 0.305 e. The van der Waals surface area contributed by atoms with Crippen LogP contribution in [0.15, 0.2) is 0 Å². The lowest BCUT2D eigenvalue weighted by molar-refractivity contribution is -0.145. The van der Waals surface area contributed by atoms with E-state index in [-0.39, 0.29) is 18.7 Å². The summed E-state index contributed by atoms with van der Waals surface area (Å²) < 4.78 is 54.0. The van der Waals surface area contributed by atoms with Gasteiger partial charge < -0.3 is 47.4 Å². The Balaban J connectivity index is 3.09. The first-order valence-electron chi connectivity index (χ1n) is 15.1. The molecular weight excluding hydrogens is 524 g/mol. The second-order valence-corrected chi connectivity index (χ2v) is 9.20. The van der Waals surface area contributed by atoms with E-state index < -0.39 is 0 Å². The van der Waals surface area contributed by atoms with Gasteiger partial charge in [-0.05, 0) is 20.3 Å². The van der Waals surface area contributed by atoms with E-state index in [4.69, 9.17) is 47.4 Å². The molecule has 0 fully saturated rings. The summed E-state index contributed by atoms with van der Waals surface area (Å²) in [6.45, 7) is 15.2. The van der Waals surface area contributed by atoms with Crippen molar-refractivity contribution in [2.75, 3.05) is 119 Å². The summed E-state index contributed by atoms with van der Waals surface area (Å²) in [6.07, 6.45) is 6.33. The van der Waals surface area contributed by atoms with Crippen LogP contribution in [0.3, 0.4) is 0 Å². The predicted octanol–water partition coefficient (Wildman–Crippen LogP) is 3.45. The number of hydrogen-bond acceptors (Lipinski definition) is 11. The summed E-state index contributed by atoms with van der Waals surface area (Å²) >= 11 is 0. The lowest BCUT2D eigenvalue weighted by atomic mass is 10.1. The Bertz CT molecular complexity index is 495. The minimum absolute atomic E-state index is 0.144. The van der Waals surface area contributed by atoms with Crippen molar-refractivity contribution in [2.45, 2.75) is 65.4 Å². The number of carbonyl (C=O) groups is 1. The van der Waals surface area contributed by atoms with E-state index in [0.717, 1.165) is 12.8 Å². The van der Waals surface area contributed by atoms with Crippen LogP contribution < -0.4 is 0 Å². The maximum Gasteiger partial charge on any atom is 0.305 e. The fraction of sp³-hybridized carbons (Fsp3) is 0.966. The van der Waals surface area contributed by atoms with Gasteiger partial charge in [-0.15, -0.1) is 0 Å². The zero-order chi connectivity index (χ0) is 29.2. The van der Waals surface area contributed by atoms with Crippen LogP contribution in [0.1, 0.15) is 59.3 Å². The van der Waals surface area contributed by atoms with Gasteiger partial charge in [-0.1, -0.05) is 32.6 Å². The van der Waals surface area contributed by atoms with E-state index in [9.17, 15) is 4.79 Å². The predicted molar refractivity (Wildman–Crippen MR) is 152 cm³/mol. The van der Waals surface area contributed by atoms with Crippen LogP contribution >= 0.6 is 0 Å². The van der Waals surface area contributed by atoms with Gasteiger partial charge in [0, 0.05) is 6.42 Å². The number of ether oxygens (including phenoxy) is 10. The van der Waals surface area contributed by atoms with Crippen molar-refractivity contribution in [2.24, 2.45) is 0 Å². The lowest BCUT2D eigenvalue weighted by Crippen LogP contribution is -2.15. The second-order valence-electron chi connectivity index (χ2n) is 9.20. The summed E-state index contributed by atoms with van der Waals surface area (Å²) in [7, 11) is 0. The Hall–Kier alpha value is -0.890. The number of rotatable bonds is 34. The molecule has 0 bridgehead atoms. The van der Waals surface area contributed by atoms with Crippen LogP contribution in [0.4, 0.5) is 0 Å². The van der Waals surface area contributed by atoms with Gasteiger partial charge in [-0.25, -0.2) is 0 Å². The Morgan fingerprint density at radius 2 is 0.775 bits per heavy atom. The molecule has 0 aliphatic rings. The normalized spacial score (nSPS) is 11.5. The average molecular weight is 583 g/mol. The second kappa shape index (κ2) is 34.3. The van der Waals surface area contributed by atoms with Crippen LogP contribution in [-0.2, 0) is 52.2 Å². The molecule has 0 heterocycles. The van der Waals surface area contributed by atoms with Crippen molar-refractivity contribution in [1.29, 1.82) is 0 Å². The van der Waals surface area contributed by atoms with Gasteiger partial charge in [0.15, 0.2) is 0 Å². The van der Waals surface area contributed by atoms with E-state index in [1.165, 1.54) is 19.3 Å². The van der Waals surface area contributed by atoms with Crippen molar-refractivity contribution in [3.05, 3.63) is 0 Å². The third kappa shape index (κ3) is 35.1. The molecule has 0 saturated heterocycles. The van der Waals surface area contributed by atoms with Gasteiger partial charge >= 0.3 is 5.97 Å². The summed E-state index contributed by atoms with van der Waals surface area (Å²) in [4.78, 5) is 11.6. The van der Waals surface area contributed by atoms with Crippen LogP contribution in [0, 0.1) is 0 Å². The summed E-state index contributed by atoms with van der Waals surface area (Å²) in [5, 5.41) is 0. The average Bonchev–Trinajstić information content (AvgIpc) is 2.94. The van der Waals surface area contributed by atoms with Gasteiger partial charge in [0.05, 0.1) is 118 Å². The van der Waals surface area contributed by atoms with E-state index >= 15 is 0 Å². The number of carbonyl (C=O) groups excluding carboxylic acids is 1. The standard InChI is InChI=1S/C29H58O11/c1-4-5-6-7-8-9-29(30)40-27-25-38-23-21-36-19-17-34-15-13-32-11-10-31-12-14-33-16-18-35-20-22-37-24-26-39-28(2)3/h28H,4-27H2,1-3H3. The van der Waals surface area contributed by atoms with Gasteiger partial charge in [0.2, 0.25) is 0 Å². The Morgan fingerprint density at radius 3 is 1.12 bits per heavy atom. The fourth-order valence-corrected chi connectivity index (χ4v) is 3.14. The third-order valence-corrected chi connectivity index (χ3v) is 5.26. The Morgan fingerprint density at radius 1 is 0.450 bits per heavy atom. The molecule has 11 heteroatoms. The number of hydrogen-bond donors (Lipinski definition) is 0. The molecule has 0 N–H and O–H groups in total. The van der Waals surface area contributed by atoms with Crippen molar-refractivity contribution in [3.63, 3.8) is 0 Å². The molecule has 0 spiro atoms. The molecule has 0 aromatic heterocycles. The maximum absolute atomic E-state index is 11.6. The first-order chi connectivity index (χ1) is 19.7. The minimum atomic E-state index is -0.144. The summed E-state index contributed by atoms with van der Waals surface area (Å²) in [5.74, 6) is -0.144. The van der Waals surface area contributed by atoms with Gasteiger partial charge in [-0.3, -0.25) is 4.79 Å². The van der Waals surface area contributed by atoms with E-state index in [2.05, 4.69) is 6.92 Å². The topological polar surface area (TPSA) is 109 Å². The quantitative estimate of drug-likeness (QED) is 0.0822. The Kier molecular flexibility index (Phi) is 33.5. The van der Waals surface area contributed by atoms with Crippen molar-refractivity contribution in [1.82, 2.24) is 0 Å². The lowest BCUT2D eigenvalue weighted by Gasteiger charge is -2.09. The monoisotopic (exact) mass is 582 g/mol. The highest BCUT2D eigenvalue weighted by molar-refractivity contribution is 5.69. The molecule has 0 aliphatic carbocycles. The Labute approximate surface area is 242 Å². The summed E-state index contributed by atoms with van der Waals surface area (Å²) in [6, 6.07) is 0. The zero-order valence-corrected chi connectivity index (χ0v) is 25.5. The highest BCUT2D eigenvalue weighted by atomic mass is 16.6. The van der Waals surface area contributed by atoms with Gasteiger partial charge in [0.25, 0.3) is 0 Å². The molecule has 0 rings (SSSR count). The van der Waals surface area contributed by atoms with Crippen molar-refractivity contribution >= 4 is 5.97 Å². The largest absolute Gasteiger partial charge is 0.463 e.